The lowest BCUT2D eigenvalue weighted by Gasteiger charge is -2.17. The first-order valence-electron chi connectivity index (χ1n) is 10.8. The summed E-state index contributed by atoms with van der Waals surface area (Å²) in [5, 5.41) is 16.0. The minimum absolute atomic E-state index is 0.0293. The number of amides is 2. The van der Waals surface area contributed by atoms with E-state index in [9.17, 15) is 19.5 Å². The minimum atomic E-state index is -0.585. The fourth-order valence-corrected chi connectivity index (χ4v) is 3.27. The fraction of sp³-hybridized carbons (Fsp3) is 0.192. The molecular formula is C26H27N3O6. The predicted octanol–water partition coefficient (Wildman–Crippen LogP) is 4.48. The number of Topliss-reactive ketones (excluding diaryl/α,β-unsaturated/α-hetero) is 1. The Hall–Kier alpha value is -4.53. The number of hydrogen-bond donors (Lipinski definition) is 4. The van der Waals surface area contributed by atoms with Gasteiger partial charge in [0.2, 0.25) is 0 Å². The van der Waals surface area contributed by atoms with E-state index in [4.69, 9.17) is 15.2 Å². The third-order valence-corrected chi connectivity index (χ3v) is 5.00. The minimum Gasteiger partial charge on any atom is -0.503 e. The van der Waals surface area contributed by atoms with Crippen molar-refractivity contribution in [2.24, 2.45) is 0 Å². The number of benzene rings is 3. The monoisotopic (exact) mass is 477 g/mol. The SMILES string of the molecule is COc1c(C(=O)Nc2ccc(C(C)=O)cc2OC(C)C)ccc(NC(=O)c2ccc(N)cc2)c1O. The number of nitrogen functional groups attached to an aromatic ring is 1. The molecule has 0 saturated heterocycles. The van der Waals surface area contributed by atoms with Gasteiger partial charge in [0.25, 0.3) is 11.8 Å². The maximum Gasteiger partial charge on any atom is 0.259 e. The van der Waals surface area contributed by atoms with Crippen molar-refractivity contribution in [3.63, 3.8) is 0 Å². The van der Waals surface area contributed by atoms with E-state index in [1.807, 2.05) is 13.8 Å². The quantitative estimate of drug-likeness (QED) is 0.213. The van der Waals surface area contributed by atoms with Crippen LogP contribution in [0.4, 0.5) is 17.1 Å². The van der Waals surface area contributed by atoms with Crippen molar-refractivity contribution in [2.75, 3.05) is 23.5 Å². The number of rotatable bonds is 8. The summed E-state index contributed by atoms with van der Waals surface area (Å²) in [5.74, 6) is -1.39. The summed E-state index contributed by atoms with van der Waals surface area (Å²) < 4.78 is 11.0. The number of anilines is 3. The number of aromatic hydroxyl groups is 1. The average Bonchev–Trinajstić information content (AvgIpc) is 2.81. The molecule has 182 valence electrons. The molecule has 0 aromatic heterocycles. The van der Waals surface area contributed by atoms with E-state index >= 15 is 0 Å². The summed E-state index contributed by atoms with van der Waals surface area (Å²) >= 11 is 0. The summed E-state index contributed by atoms with van der Waals surface area (Å²) in [6.07, 6.45) is -0.199. The molecule has 3 rings (SSSR count). The van der Waals surface area contributed by atoms with Crippen LogP contribution in [0.15, 0.2) is 54.6 Å². The number of nitrogens with one attached hydrogen (secondary N) is 2. The Balaban J connectivity index is 1.88. The molecule has 0 heterocycles. The van der Waals surface area contributed by atoms with Crippen LogP contribution in [0.5, 0.6) is 17.2 Å². The van der Waals surface area contributed by atoms with Crippen molar-refractivity contribution < 1.29 is 29.0 Å². The lowest BCUT2D eigenvalue weighted by molar-refractivity contribution is 0.101. The molecule has 0 atom stereocenters. The topological polar surface area (TPSA) is 140 Å². The second-order valence-corrected chi connectivity index (χ2v) is 8.01. The first-order chi connectivity index (χ1) is 16.6. The van der Waals surface area contributed by atoms with Gasteiger partial charge in [0.05, 0.1) is 30.2 Å². The summed E-state index contributed by atoms with van der Waals surface area (Å²) in [6.45, 7) is 5.09. The highest BCUT2D eigenvalue weighted by atomic mass is 16.5. The maximum atomic E-state index is 13.1. The van der Waals surface area contributed by atoms with Crippen molar-refractivity contribution in [3.05, 3.63) is 71.3 Å². The van der Waals surface area contributed by atoms with E-state index < -0.39 is 17.6 Å². The number of hydrogen-bond acceptors (Lipinski definition) is 7. The van der Waals surface area contributed by atoms with E-state index in [1.165, 1.54) is 26.2 Å². The number of phenolic OH excluding ortho intramolecular Hbond substituents is 1. The van der Waals surface area contributed by atoms with Crippen LogP contribution in [0.3, 0.4) is 0 Å². The number of ketones is 1. The van der Waals surface area contributed by atoms with E-state index in [0.717, 1.165) is 0 Å². The van der Waals surface area contributed by atoms with E-state index in [0.29, 0.717) is 28.3 Å². The number of methoxy groups -OCH3 is 1. The van der Waals surface area contributed by atoms with Crippen LogP contribution in [-0.4, -0.2) is 35.9 Å². The Kier molecular flexibility index (Phi) is 7.60. The Morgan fingerprint density at radius 3 is 2.09 bits per heavy atom. The zero-order valence-corrected chi connectivity index (χ0v) is 19.8. The molecule has 0 fully saturated rings. The van der Waals surface area contributed by atoms with Crippen molar-refractivity contribution >= 4 is 34.7 Å². The second kappa shape index (κ2) is 10.6. The highest BCUT2D eigenvalue weighted by Crippen LogP contribution is 2.38. The molecule has 9 heteroatoms. The molecule has 0 saturated carbocycles. The number of carbonyl (C=O) groups excluding carboxylic acids is 3. The lowest BCUT2D eigenvalue weighted by atomic mass is 10.1. The smallest absolute Gasteiger partial charge is 0.259 e. The molecule has 3 aromatic rings. The normalized spacial score (nSPS) is 10.5. The Morgan fingerprint density at radius 1 is 0.886 bits per heavy atom. The zero-order chi connectivity index (χ0) is 25.7. The van der Waals surface area contributed by atoms with Gasteiger partial charge in [0, 0.05) is 16.8 Å². The molecule has 5 N–H and O–H groups in total. The van der Waals surface area contributed by atoms with Gasteiger partial charge in [-0.15, -0.1) is 0 Å². The zero-order valence-electron chi connectivity index (χ0n) is 19.8. The van der Waals surface area contributed by atoms with Crippen molar-refractivity contribution in [2.45, 2.75) is 26.9 Å². The number of nitrogens with two attached hydrogens (primary N) is 1. The molecule has 0 bridgehead atoms. The van der Waals surface area contributed by atoms with Gasteiger partial charge in [-0.3, -0.25) is 14.4 Å². The molecule has 2 amide bonds. The number of ether oxygens (including phenoxy) is 2. The number of phenols is 1. The highest BCUT2D eigenvalue weighted by molar-refractivity contribution is 6.10. The van der Waals surface area contributed by atoms with E-state index in [1.54, 1.807) is 42.5 Å². The largest absolute Gasteiger partial charge is 0.503 e. The fourth-order valence-electron chi connectivity index (χ4n) is 3.27. The van der Waals surface area contributed by atoms with Crippen LogP contribution >= 0.6 is 0 Å². The second-order valence-electron chi connectivity index (χ2n) is 8.01. The molecule has 3 aromatic carbocycles. The first-order valence-corrected chi connectivity index (χ1v) is 10.8. The number of carbonyl (C=O) groups is 3. The van der Waals surface area contributed by atoms with Crippen LogP contribution in [0.25, 0.3) is 0 Å². The van der Waals surface area contributed by atoms with Gasteiger partial charge in [-0.25, -0.2) is 0 Å². The van der Waals surface area contributed by atoms with Crippen LogP contribution in [0, 0.1) is 0 Å². The maximum absolute atomic E-state index is 13.1. The van der Waals surface area contributed by atoms with Crippen molar-refractivity contribution in [3.8, 4) is 17.2 Å². The third kappa shape index (κ3) is 5.89. The van der Waals surface area contributed by atoms with Gasteiger partial charge in [0.1, 0.15) is 5.75 Å². The Bertz CT molecular complexity index is 1270. The summed E-state index contributed by atoms with van der Waals surface area (Å²) in [7, 11) is 1.30. The van der Waals surface area contributed by atoms with Gasteiger partial charge in [-0.1, -0.05) is 0 Å². The molecule has 35 heavy (non-hydrogen) atoms. The first kappa shape index (κ1) is 25.1. The van der Waals surface area contributed by atoms with Crippen molar-refractivity contribution in [1.29, 1.82) is 0 Å². The summed E-state index contributed by atoms with van der Waals surface area (Å²) in [5.41, 5.74) is 7.38. The summed E-state index contributed by atoms with van der Waals surface area (Å²) in [6, 6.07) is 13.8. The van der Waals surface area contributed by atoms with Crippen LogP contribution in [0.2, 0.25) is 0 Å². The molecule has 9 nitrogen and oxygen atoms in total. The highest BCUT2D eigenvalue weighted by Gasteiger charge is 2.22. The van der Waals surface area contributed by atoms with Crippen LogP contribution < -0.4 is 25.8 Å². The molecule has 0 unspecified atom stereocenters. The lowest BCUT2D eigenvalue weighted by Crippen LogP contribution is -2.17. The molecule has 0 aliphatic rings. The van der Waals surface area contributed by atoms with Gasteiger partial charge in [-0.05, 0) is 75.4 Å². The van der Waals surface area contributed by atoms with Gasteiger partial charge in [-0.2, -0.15) is 0 Å². The molecular weight excluding hydrogens is 450 g/mol. The van der Waals surface area contributed by atoms with Crippen LogP contribution in [-0.2, 0) is 0 Å². The van der Waals surface area contributed by atoms with Crippen LogP contribution in [0.1, 0.15) is 51.8 Å². The van der Waals surface area contributed by atoms with Gasteiger partial charge in [0.15, 0.2) is 17.3 Å². The Morgan fingerprint density at radius 2 is 1.49 bits per heavy atom. The molecule has 0 spiro atoms. The van der Waals surface area contributed by atoms with E-state index in [2.05, 4.69) is 10.6 Å². The van der Waals surface area contributed by atoms with Gasteiger partial charge >= 0.3 is 0 Å². The molecule has 0 radical (unpaired) electrons. The molecule has 0 aliphatic carbocycles. The standard InChI is InChI=1S/C26H27N3O6/c1-14(2)35-22-13-17(15(3)30)7-11-20(22)28-26(33)19-10-12-21(23(31)24(19)34-4)29-25(32)16-5-8-18(27)9-6-16/h5-14,31H,27H2,1-4H3,(H,28,33)(H,29,32). The Labute approximate surface area is 202 Å². The summed E-state index contributed by atoms with van der Waals surface area (Å²) in [4.78, 5) is 37.3. The predicted molar refractivity (Wildman–Crippen MR) is 134 cm³/mol. The average molecular weight is 478 g/mol. The third-order valence-electron chi connectivity index (χ3n) is 5.00. The van der Waals surface area contributed by atoms with Gasteiger partial charge < -0.3 is 30.9 Å². The molecule has 0 aliphatic heterocycles. The van der Waals surface area contributed by atoms with Crippen molar-refractivity contribution in [1.82, 2.24) is 0 Å². The van der Waals surface area contributed by atoms with E-state index in [-0.39, 0.29) is 28.9 Å².